The van der Waals surface area contributed by atoms with Crippen molar-refractivity contribution in [2.45, 2.75) is 25.0 Å². The highest BCUT2D eigenvalue weighted by atomic mass is 32.2. The van der Waals surface area contributed by atoms with E-state index in [-0.39, 0.29) is 0 Å². The van der Waals surface area contributed by atoms with Crippen LogP contribution in [0.15, 0.2) is 29.7 Å². The molecular formula is C14H20N4S. The van der Waals surface area contributed by atoms with E-state index >= 15 is 0 Å². The van der Waals surface area contributed by atoms with Gasteiger partial charge in [-0.3, -0.25) is 0 Å². The molecule has 1 aromatic carbocycles. The van der Waals surface area contributed by atoms with Crippen molar-refractivity contribution in [3.8, 4) is 0 Å². The third-order valence-electron chi connectivity index (χ3n) is 3.04. The summed E-state index contributed by atoms with van der Waals surface area (Å²) in [7, 11) is 3.97. The summed E-state index contributed by atoms with van der Waals surface area (Å²) in [6.07, 6.45) is 1.73. The Morgan fingerprint density at radius 1 is 1.26 bits per heavy atom. The molecule has 4 nitrogen and oxygen atoms in total. The number of hydrogen-bond donors (Lipinski definition) is 1. The smallest absolute Gasteiger partial charge is 0.190 e. The topological polar surface area (TPSA) is 42.7 Å². The van der Waals surface area contributed by atoms with Gasteiger partial charge in [-0.1, -0.05) is 41.1 Å². The monoisotopic (exact) mass is 276 g/mol. The molecule has 2 aromatic rings. The summed E-state index contributed by atoms with van der Waals surface area (Å²) in [6, 6.07) is 7.00. The summed E-state index contributed by atoms with van der Waals surface area (Å²) < 4.78 is 1.94. The van der Waals surface area contributed by atoms with Gasteiger partial charge < -0.3 is 9.88 Å². The molecule has 1 atom stereocenters. The summed E-state index contributed by atoms with van der Waals surface area (Å²) in [5.74, 6) is 0.936. The van der Waals surface area contributed by atoms with Crippen LogP contribution in [-0.4, -0.2) is 27.6 Å². The molecule has 0 amide bonds. The standard InChI is InChI=1S/C14H20N4S/c1-10-5-11(2)7-12(6-10)13(15-3)8-19-14-17-16-9-18(14)4/h5-7,9,13,15H,8H2,1-4H3. The molecule has 0 radical (unpaired) electrons. The van der Waals surface area contributed by atoms with Gasteiger partial charge in [0.1, 0.15) is 6.33 Å². The molecule has 102 valence electrons. The molecule has 0 aliphatic rings. The fraction of sp³-hybridized carbons (Fsp3) is 0.429. The lowest BCUT2D eigenvalue weighted by Crippen LogP contribution is -2.19. The summed E-state index contributed by atoms with van der Waals surface area (Å²) in [5, 5.41) is 12.3. The minimum absolute atomic E-state index is 0.320. The fourth-order valence-corrected chi connectivity index (χ4v) is 3.15. The second-order valence-corrected chi connectivity index (χ2v) is 5.78. The molecule has 1 unspecified atom stereocenters. The number of thioether (sulfide) groups is 1. The van der Waals surface area contributed by atoms with Crippen LogP contribution in [0.2, 0.25) is 0 Å². The number of nitrogens with one attached hydrogen (secondary N) is 1. The summed E-state index contributed by atoms with van der Waals surface area (Å²) in [5.41, 5.74) is 3.94. The van der Waals surface area contributed by atoms with Crippen LogP contribution in [0.3, 0.4) is 0 Å². The second-order valence-electron chi connectivity index (χ2n) is 4.80. The molecule has 19 heavy (non-hydrogen) atoms. The van der Waals surface area contributed by atoms with Crippen LogP contribution in [0.25, 0.3) is 0 Å². The largest absolute Gasteiger partial charge is 0.312 e. The van der Waals surface area contributed by atoms with Crippen LogP contribution in [0.4, 0.5) is 0 Å². The summed E-state index contributed by atoms with van der Waals surface area (Å²) in [4.78, 5) is 0. The van der Waals surface area contributed by atoms with Crippen molar-refractivity contribution in [2.75, 3.05) is 12.8 Å². The zero-order valence-corrected chi connectivity index (χ0v) is 12.7. The van der Waals surface area contributed by atoms with Crippen molar-refractivity contribution in [2.24, 2.45) is 7.05 Å². The third-order valence-corrected chi connectivity index (χ3v) is 4.17. The first-order valence-corrected chi connectivity index (χ1v) is 7.31. The predicted molar refractivity (Wildman–Crippen MR) is 79.4 cm³/mol. The lowest BCUT2D eigenvalue weighted by atomic mass is 10.0. The van der Waals surface area contributed by atoms with Crippen molar-refractivity contribution < 1.29 is 0 Å². The number of benzene rings is 1. The Hall–Kier alpha value is -1.33. The predicted octanol–water partition coefficient (Wildman–Crippen LogP) is 2.48. The van der Waals surface area contributed by atoms with Crippen LogP contribution in [-0.2, 0) is 7.05 Å². The van der Waals surface area contributed by atoms with E-state index in [0.29, 0.717) is 6.04 Å². The molecule has 1 N–H and O–H groups in total. The van der Waals surface area contributed by atoms with Gasteiger partial charge in [-0.25, -0.2) is 0 Å². The molecule has 0 saturated carbocycles. The van der Waals surface area contributed by atoms with Gasteiger partial charge in [-0.15, -0.1) is 10.2 Å². The Kier molecular flexibility index (Phi) is 4.61. The Bertz CT molecular complexity index is 530. The molecule has 5 heteroatoms. The highest BCUT2D eigenvalue weighted by Gasteiger charge is 2.12. The Labute approximate surface area is 118 Å². The van der Waals surface area contributed by atoms with Crippen LogP contribution >= 0.6 is 11.8 Å². The van der Waals surface area contributed by atoms with Gasteiger partial charge >= 0.3 is 0 Å². The zero-order valence-electron chi connectivity index (χ0n) is 11.8. The number of rotatable bonds is 5. The van der Waals surface area contributed by atoms with Gasteiger partial charge in [-0.05, 0) is 26.5 Å². The van der Waals surface area contributed by atoms with Gasteiger partial charge in [0.25, 0.3) is 0 Å². The average molecular weight is 276 g/mol. The van der Waals surface area contributed by atoms with E-state index in [0.717, 1.165) is 10.9 Å². The lowest BCUT2D eigenvalue weighted by molar-refractivity contribution is 0.658. The van der Waals surface area contributed by atoms with Gasteiger partial charge in [-0.2, -0.15) is 0 Å². The van der Waals surface area contributed by atoms with Gasteiger partial charge in [0, 0.05) is 18.8 Å². The van der Waals surface area contributed by atoms with Crippen molar-refractivity contribution in [1.82, 2.24) is 20.1 Å². The van der Waals surface area contributed by atoms with Crippen molar-refractivity contribution in [3.63, 3.8) is 0 Å². The van der Waals surface area contributed by atoms with E-state index in [9.17, 15) is 0 Å². The van der Waals surface area contributed by atoms with Crippen LogP contribution < -0.4 is 5.32 Å². The first-order valence-electron chi connectivity index (χ1n) is 6.32. The van der Waals surface area contributed by atoms with E-state index in [1.54, 1.807) is 18.1 Å². The SMILES string of the molecule is CNC(CSc1nncn1C)c1cc(C)cc(C)c1. The number of aryl methyl sites for hydroxylation is 3. The molecule has 0 saturated heterocycles. The molecule has 0 aliphatic heterocycles. The van der Waals surface area contributed by atoms with Crippen molar-refractivity contribution >= 4 is 11.8 Å². The molecule has 1 heterocycles. The Morgan fingerprint density at radius 2 is 1.95 bits per heavy atom. The molecule has 2 rings (SSSR count). The Morgan fingerprint density at radius 3 is 2.47 bits per heavy atom. The zero-order chi connectivity index (χ0) is 13.8. The molecular weight excluding hydrogens is 256 g/mol. The normalized spacial score (nSPS) is 12.6. The maximum atomic E-state index is 4.10. The minimum Gasteiger partial charge on any atom is -0.312 e. The van der Waals surface area contributed by atoms with E-state index in [4.69, 9.17) is 0 Å². The quantitative estimate of drug-likeness (QED) is 0.852. The summed E-state index contributed by atoms with van der Waals surface area (Å²) in [6.45, 7) is 4.28. The van der Waals surface area contributed by atoms with E-state index in [1.807, 2.05) is 18.7 Å². The lowest BCUT2D eigenvalue weighted by Gasteiger charge is -2.17. The van der Waals surface area contributed by atoms with Gasteiger partial charge in [0.05, 0.1) is 0 Å². The molecule has 1 aromatic heterocycles. The van der Waals surface area contributed by atoms with E-state index in [2.05, 4.69) is 47.6 Å². The minimum atomic E-state index is 0.320. The Balaban J connectivity index is 2.09. The van der Waals surface area contributed by atoms with Gasteiger partial charge in [0.2, 0.25) is 0 Å². The number of aromatic nitrogens is 3. The summed E-state index contributed by atoms with van der Waals surface area (Å²) >= 11 is 1.72. The fourth-order valence-electron chi connectivity index (χ4n) is 2.12. The third kappa shape index (κ3) is 3.58. The van der Waals surface area contributed by atoms with Crippen LogP contribution in [0.1, 0.15) is 22.7 Å². The second kappa shape index (κ2) is 6.21. The molecule has 0 spiro atoms. The van der Waals surface area contributed by atoms with Gasteiger partial charge in [0.15, 0.2) is 5.16 Å². The first-order chi connectivity index (χ1) is 9.10. The highest BCUT2D eigenvalue weighted by molar-refractivity contribution is 7.99. The number of hydrogen-bond acceptors (Lipinski definition) is 4. The molecule has 0 aliphatic carbocycles. The number of nitrogens with zero attached hydrogens (tertiary/aromatic N) is 3. The maximum Gasteiger partial charge on any atom is 0.190 e. The van der Waals surface area contributed by atoms with E-state index in [1.165, 1.54) is 16.7 Å². The van der Waals surface area contributed by atoms with Crippen molar-refractivity contribution in [3.05, 3.63) is 41.2 Å². The molecule has 0 bridgehead atoms. The van der Waals surface area contributed by atoms with E-state index < -0.39 is 0 Å². The van der Waals surface area contributed by atoms with Crippen LogP contribution in [0, 0.1) is 13.8 Å². The van der Waals surface area contributed by atoms with Crippen LogP contribution in [0.5, 0.6) is 0 Å². The first kappa shape index (κ1) is 14.1. The highest BCUT2D eigenvalue weighted by Crippen LogP contribution is 2.24. The maximum absolute atomic E-state index is 4.10. The van der Waals surface area contributed by atoms with Crippen molar-refractivity contribution in [1.29, 1.82) is 0 Å². The average Bonchev–Trinajstić information content (AvgIpc) is 2.75. The molecule has 0 fully saturated rings.